The minimum atomic E-state index is -1.09. The molecule has 130 valence electrons. The summed E-state index contributed by atoms with van der Waals surface area (Å²) >= 11 is 0. The number of halogens is 2. The summed E-state index contributed by atoms with van der Waals surface area (Å²) in [6.07, 6.45) is 5.12. The summed E-state index contributed by atoms with van der Waals surface area (Å²) in [6.45, 7) is 1.71. The Kier molecular flexibility index (Phi) is 4.07. The molecule has 0 bridgehead atoms. The van der Waals surface area contributed by atoms with Crippen LogP contribution in [-0.4, -0.2) is 35.0 Å². The van der Waals surface area contributed by atoms with Crippen molar-refractivity contribution in [3.8, 4) is 0 Å². The standard InChI is InChI=1S/C18H18F2N4O/c19-15-4-1-3-14(16(15)20)17(25)23-13-7-11-9-24(10-12(11)8-13)18-21-5-2-6-22-18/h1-6,11-13H,7-10H2,(H,23,25). The summed E-state index contributed by atoms with van der Waals surface area (Å²) in [4.78, 5) is 23.0. The first-order valence-corrected chi connectivity index (χ1v) is 8.38. The fourth-order valence-electron chi connectivity index (χ4n) is 3.98. The predicted octanol–water partition coefficient (Wildman–Crippen LogP) is 2.40. The number of hydrogen-bond acceptors (Lipinski definition) is 4. The lowest BCUT2D eigenvalue weighted by atomic mass is 10.0. The minimum Gasteiger partial charge on any atom is -0.349 e. The van der Waals surface area contributed by atoms with Gasteiger partial charge in [-0.3, -0.25) is 4.79 Å². The van der Waals surface area contributed by atoms with Crippen molar-refractivity contribution >= 4 is 11.9 Å². The van der Waals surface area contributed by atoms with Crippen LogP contribution in [0.15, 0.2) is 36.7 Å². The number of fused-ring (bicyclic) bond motifs is 1. The summed E-state index contributed by atoms with van der Waals surface area (Å²) in [5.41, 5.74) is -0.239. The highest BCUT2D eigenvalue weighted by Gasteiger charge is 2.42. The number of carbonyl (C=O) groups is 1. The summed E-state index contributed by atoms with van der Waals surface area (Å²) in [5, 5.41) is 2.85. The molecule has 1 aliphatic carbocycles. The summed E-state index contributed by atoms with van der Waals surface area (Å²) in [7, 11) is 0. The maximum Gasteiger partial charge on any atom is 0.254 e. The van der Waals surface area contributed by atoms with E-state index >= 15 is 0 Å². The van der Waals surface area contributed by atoms with Crippen LogP contribution >= 0.6 is 0 Å². The van der Waals surface area contributed by atoms with Crippen LogP contribution < -0.4 is 10.2 Å². The minimum absolute atomic E-state index is 0.0102. The molecule has 2 unspecified atom stereocenters. The molecule has 1 amide bonds. The number of benzene rings is 1. The van der Waals surface area contributed by atoms with Gasteiger partial charge in [0.2, 0.25) is 5.95 Å². The molecule has 1 saturated carbocycles. The third-order valence-electron chi connectivity index (χ3n) is 5.12. The van der Waals surface area contributed by atoms with Crippen molar-refractivity contribution in [2.24, 2.45) is 11.8 Å². The first-order valence-electron chi connectivity index (χ1n) is 8.38. The van der Waals surface area contributed by atoms with Gasteiger partial charge in [-0.05, 0) is 42.9 Å². The maximum absolute atomic E-state index is 13.7. The van der Waals surface area contributed by atoms with Gasteiger partial charge >= 0.3 is 0 Å². The molecule has 2 atom stereocenters. The number of anilines is 1. The number of nitrogens with one attached hydrogen (secondary N) is 1. The molecule has 5 nitrogen and oxygen atoms in total. The Bertz CT molecular complexity index is 772. The van der Waals surface area contributed by atoms with E-state index in [4.69, 9.17) is 0 Å². The van der Waals surface area contributed by atoms with E-state index in [1.165, 1.54) is 12.1 Å². The van der Waals surface area contributed by atoms with Crippen molar-refractivity contribution in [3.63, 3.8) is 0 Å². The van der Waals surface area contributed by atoms with Crippen LogP contribution in [0.1, 0.15) is 23.2 Å². The summed E-state index contributed by atoms with van der Waals surface area (Å²) < 4.78 is 27.0. The van der Waals surface area contributed by atoms with Crippen molar-refractivity contribution in [2.45, 2.75) is 18.9 Å². The van der Waals surface area contributed by atoms with Crippen LogP contribution in [0.3, 0.4) is 0 Å². The van der Waals surface area contributed by atoms with E-state index in [1.807, 2.05) is 0 Å². The normalized spacial score (nSPS) is 25.0. The van der Waals surface area contributed by atoms with Crippen molar-refractivity contribution in [3.05, 3.63) is 53.9 Å². The number of amides is 1. The molecule has 0 spiro atoms. The van der Waals surface area contributed by atoms with Crippen LogP contribution in [0, 0.1) is 23.5 Å². The van der Waals surface area contributed by atoms with Gasteiger partial charge in [-0.25, -0.2) is 18.7 Å². The third-order valence-corrected chi connectivity index (χ3v) is 5.12. The van der Waals surface area contributed by atoms with Gasteiger partial charge in [0, 0.05) is 31.5 Å². The van der Waals surface area contributed by atoms with Gasteiger partial charge in [0.15, 0.2) is 11.6 Å². The van der Waals surface area contributed by atoms with Gasteiger partial charge in [-0.1, -0.05) is 6.07 Å². The van der Waals surface area contributed by atoms with Gasteiger partial charge in [0.05, 0.1) is 5.56 Å². The van der Waals surface area contributed by atoms with E-state index < -0.39 is 17.5 Å². The van der Waals surface area contributed by atoms with E-state index in [9.17, 15) is 13.6 Å². The molecule has 2 heterocycles. The van der Waals surface area contributed by atoms with Crippen molar-refractivity contribution in [1.29, 1.82) is 0 Å². The summed E-state index contributed by atoms with van der Waals surface area (Å²) in [6, 6.07) is 5.43. The number of nitrogens with zero attached hydrogens (tertiary/aromatic N) is 3. The molecule has 1 saturated heterocycles. The second kappa shape index (κ2) is 6.38. The molecule has 25 heavy (non-hydrogen) atoms. The Morgan fingerprint density at radius 1 is 1.08 bits per heavy atom. The number of carbonyl (C=O) groups excluding carboxylic acids is 1. The average molecular weight is 344 g/mol. The molecule has 1 aromatic heterocycles. The van der Waals surface area contributed by atoms with E-state index in [-0.39, 0.29) is 11.6 Å². The van der Waals surface area contributed by atoms with Crippen LogP contribution in [0.2, 0.25) is 0 Å². The molecule has 2 aliphatic rings. The zero-order valence-corrected chi connectivity index (χ0v) is 13.5. The Morgan fingerprint density at radius 2 is 1.76 bits per heavy atom. The van der Waals surface area contributed by atoms with Crippen molar-refractivity contribution in [1.82, 2.24) is 15.3 Å². The van der Waals surface area contributed by atoms with Gasteiger partial charge in [-0.2, -0.15) is 0 Å². The van der Waals surface area contributed by atoms with Gasteiger partial charge in [-0.15, -0.1) is 0 Å². The Hall–Kier alpha value is -2.57. The number of rotatable bonds is 3. The SMILES string of the molecule is O=C(NC1CC2CN(c3ncccn3)CC2C1)c1cccc(F)c1F. The van der Waals surface area contributed by atoms with Crippen LogP contribution in [0.5, 0.6) is 0 Å². The smallest absolute Gasteiger partial charge is 0.254 e. The van der Waals surface area contributed by atoms with Gasteiger partial charge in [0.1, 0.15) is 0 Å². The highest BCUT2D eigenvalue weighted by atomic mass is 19.2. The van der Waals surface area contributed by atoms with E-state index in [1.54, 1.807) is 18.5 Å². The number of hydrogen-bond donors (Lipinski definition) is 1. The molecular formula is C18H18F2N4O. The lowest BCUT2D eigenvalue weighted by Gasteiger charge is -2.19. The van der Waals surface area contributed by atoms with E-state index in [2.05, 4.69) is 20.2 Å². The van der Waals surface area contributed by atoms with Crippen molar-refractivity contribution in [2.75, 3.05) is 18.0 Å². The highest BCUT2D eigenvalue weighted by molar-refractivity contribution is 5.94. The predicted molar refractivity (Wildman–Crippen MR) is 88.1 cm³/mol. The second-order valence-electron chi connectivity index (χ2n) is 6.72. The second-order valence-corrected chi connectivity index (χ2v) is 6.72. The van der Waals surface area contributed by atoms with Crippen LogP contribution in [0.25, 0.3) is 0 Å². The molecule has 2 aromatic rings. The van der Waals surface area contributed by atoms with E-state index in [0.717, 1.165) is 37.9 Å². The lowest BCUT2D eigenvalue weighted by Crippen LogP contribution is -2.35. The molecule has 0 radical (unpaired) electrons. The lowest BCUT2D eigenvalue weighted by molar-refractivity contribution is 0.0931. The van der Waals surface area contributed by atoms with Gasteiger partial charge < -0.3 is 10.2 Å². The largest absolute Gasteiger partial charge is 0.349 e. The van der Waals surface area contributed by atoms with Crippen LogP contribution in [0.4, 0.5) is 14.7 Å². The highest BCUT2D eigenvalue weighted by Crippen LogP contribution is 2.39. The van der Waals surface area contributed by atoms with Crippen LogP contribution in [-0.2, 0) is 0 Å². The monoisotopic (exact) mass is 344 g/mol. The third kappa shape index (κ3) is 3.06. The molecule has 4 rings (SSSR count). The molecule has 1 N–H and O–H groups in total. The quantitative estimate of drug-likeness (QED) is 0.929. The Morgan fingerprint density at radius 3 is 2.44 bits per heavy atom. The van der Waals surface area contributed by atoms with Crippen molar-refractivity contribution < 1.29 is 13.6 Å². The number of aromatic nitrogens is 2. The topological polar surface area (TPSA) is 58.1 Å². The first-order chi connectivity index (χ1) is 12.1. The first kappa shape index (κ1) is 15.9. The maximum atomic E-state index is 13.7. The Balaban J connectivity index is 1.37. The summed E-state index contributed by atoms with van der Waals surface area (Å²) in [5.74, 6) is -1.01. The molecule has 2 fully saturated rings. The molecular weight excluding hydrogens is 326 g/mol. The Labute approximate surface area is 144 Å². The molecule has 1 aliphatic heterocycles. The zero-order valence-electron chi connectivity index (χ0n) is 13.5. The molecule has 1 aromatic carbocycles. The average Bonchev–Trinajstić information content (AvgIpc) is 3.16. The van der Waals surface area contributed by atoms with Gasteiger partial charge in [0.25, 0.3) is 5.91 Å². The fraction of sp³-hybridized carbons (Fsp3) is 0.389. The zero-order chi connectivity index (χ0) is 17.4. The fourth-order valence-corrected chi connectivity index (χ4v) is 3.98. The molecule has 7 heteroatoms. The van der Waals surface area contributed by atoms with E-state index in [0.29, 0.717) is 11.8 Å².